The topological polar surface area (TPSA) is 69.6 Å². The summed E-state index contributed by atoms with van der Waals surface area (Å²) in [6.07, 6.45) is 3.49. The minimum atomic E-state index is -0.320. The van der Waals surface area contributed by atoms with Crippen molar-refractivity contribution >= 4 is 5.91 Å². The van der Waals surface area contributed by atoms with E-state index in [1.54, 1.807) is 10.8 Å². The van der Waals surface area contributed by atoms with Crippen LogP contribution in [0.5, 0.6) is 5.75 Å². The van der Waals surface area contributed by atoms with E-state index in [4.69, 9.17) is 9.47 Å². The molecule has 1 aromatic rings. The Morgan fingerprint density at radius 3 is 2.90 bits per heavy atom. The van der Waals surface area contributed by atoms with Crippen LogP contribution < -0.4 is 15.5 Å². The van der Waals surface area contributed by atoms with E-state index in [1.807, 2.05) is 6.92 Å². The molecule has 1 fully saturated rings. The Labute approximate surface area is 116 Å². The van der Waals surface area contributed by atoms with Crippen LogP contribution in [0.4, 0.5) is 0 Å². The van der Waals surface area contributed by atoms with Crippen molar-refractivity contribution in [1.82, 2.24) is 9.88 Å². The average Bonchev–Trinajstić information content (AvgIpc) is 2.39. The molecule has 0 aromatic carbocycles. The van der Waals surface area contributed by atoms with Crippen LogP contribution in [0.1, 0.15) is 30.3 Å². The highest BCUT2D eigenvalue weighted by Gasteiger charge is 2.45. The number of carbonyl (C=O) groups excluding carboxylic acids is 1. The van der Waals surface area contributed by atoms with Crippen molar-refractivity contribution < 1.29 is 14.3 Å². The van der Waals surface area contributed by atoms with Gasteiger partial charge < -0.3 is 19.4 Å². The molecule has 2 aliphatic heterocycles. The zero-order valence-corrected chi connectivity index (χ0v) is 11.5. The summed E-state index contributed by atoms with van der Waals surface area (Å²) in [6, 6.07) is 1.45. The Hall–Kier alpha value is -1.82. The van der Waals surface area contributed by atoms with Gasteiger partial charge in [0.2, 0.25) is 5.43 Å². The summed E-state index contributed by atoms with van der Waals surface area (Å²) in [6.45, 7) is 4.12. The zero-order chi connectivity index (χ0) is 14.2. The molecule has 1 N–H and O–H groups in total. The molecular weight excluding hydrogens is 260 g/mol. The lowest BCUT2D eigenvalue weighted by Crippen LogP contribution is -2.67. The first kappa shape index (κ1) is 13.2. The maximum atomic E-state index is 12.3. The number of rotatable bonds is 4. The van der Waals surface area contributed by atoms with Crippen LogP contribution >= 0.6 is 0 Å². The Morgan fingerprint density at radius 2 is 2.25 bits per heavy atom. The molecule has 20 heavy (non-hydrogen) atoms. The zero-order valence-electron chi connectivity index (χ0n) is 11.5. The number of hydrogen-bond donors (Lipinski definition) is 1. The van der Waals surface area contributed by atoms with Gasteiger partial charge in [-0.2, -0.15) is 0 Å². The molecule has 0 bridgehead atoms. The van der Waals surface area contributed by atoms with Gasteiger partial charge in [0.05, 0.1) is 26.4 Å². The van der Waals surface area contributed by atoms with Crippen molar-refractivity contribution in [2.24, 2.45) is 0 Å². The molecule has 0 radical (unpaired) electrons. The first-order valence-corrected chi connectivity index (χ1v) is 6.92. The van der Waals surface area contributed by atoms with Crippen LogP contribution in [0.15, 0.2) is 17.1 Å². The third-order valence-corrected chi connectivity index (χ3v) is 3.70. The number of ether oxygens (including phenoxy) is 2. The number of amides is 1. The number of hydrogen-bond acceptors (Lipinski definition) is 4. The highest BCUT2D eigenvalue weighted by atomic mass is 16.5. The van der Waals surface area contributed by atoms with Crippen molar-refractivity contribution in [3.63, 3.8) is 0 Å². The van der Waals surface area contributed by atoms with Crippen molar-refractivity contribution in [3.8, 4) is 5.75 Å². The number of carbonyl (C=O) groups is 1. The van der Waals surface area contributed by atoms with Gasteiger partial charge in [-0.15, -0.1) is 0 Å². The molecule has 0 saturated carbocycles. The largest absolute Gasteiger partial charge is 0.487 e. The van der Waals surface area contributed by atoms with Gasteiger partial charge >= 0.3 is 0 Å². The Morgan fingerprint density at radius 1 is 1.45 bits per heavy atom. The number of nitrogens with one attached hydrogen (secondary N) is 1. The van der Waals surface area contributed by atoms with E-state index < -0.39 is 0 Å². The van der Waals surface area contributed by atoms with Gasteiger partial charge in [-0.1, -0.05) is 13.3 Å². The van der Waals surface area contributed by atoms with Crippen LogP contribution in [-0.2, 0) is 11.3 Å². The first-order chi connectivity index (χ1) is 9.65. The standard InChI is InChI=1S/C14H18N2O4/c1-2-3-6-20-12-10(17)4-5-16-7-14(8-19-9-14)15-13(18)11(12)16/h4-5H,2-3,6-9H2,1H3,(H,15,18). The van der Waals surface area contributed by atoms with Gasteiger partial charge in [0, 0.05) is 12.3 Å². The molecule has 3 heterocycles. The lowest BCUT2D eigenvalue weighted by molar-refractivity contribution is -0.0813. The lowest BCUT2D eigenvalue weighted by Gasteiger charge is -2.45. The van der Waals surface area contributed by atoms with Crippen molar-refractivity contribution in [1.29, 1.82) is 0 Å². The molecule has 1 spiro atoms. The second kappa shape index (κ2) is 4.94. The minimum Gasteiger partial charge on any atom is -0.487 e. The summed E-state index contributed by atoms with van der Waals surface area (Å²) < 4.78 is 12.5. The number of unbranched alkanes of at least 4 members (excludes halogenated alkanes) is 1. The summed E-state index contributed by atoms with van der Waals surface area (Å²) in [5, 5.41) is 2.94. The molecule has 3 rings (SSSR count). The molecule has 6 heteroatoms. The SMILES string of the molecule is CCCCOc1c2n(ccc1=O)CC1(COC1)NC2=O. The van der Waals surface area contributed by atoms with Gasteiger partial charge in [-0.05, 0) is 6.42 Å². The third kappa shape index (κ3) is 2.10. The second-order valence-corrected chi connectivity index (χ2v) is 5.41. The summed E-state index contributed by atoms with van der Waals surface area (Å²) >= 11 is 0. The molecule has 1 aromatic heterocycles. The Kier molecular flexibility index (Phi) is 3.25. The van der Waals surface area contributed by atoms with E-state index >= 15 is 0 Å². The molecule has 108 valence electrons. The molecule has 1 saturated heterocycles. The van der Waals surface area contributed by atoms with Gasteiger partial charge in [-0.3, -0.25) is 9.59 Å². The highest BCUT2D eigenvalue weighted by molar-refractivity contribution is 5.96. The summed E-state index contributed by atoms with van der Waals surface area (Å²) in [7, 11) is 0. The van der Waals surface area contributed by atoms with E-state index in [-0.39, 0.29) is 22.6 Å². The normalized spacial score (nSPS) is 19.1. The highest BCUT2D eigenvalue weighted by Crippen LogP contribution is 2.27. The van der Waals surface area contributed by atoms with Crippen LogP contribution in [0.25, 0.3) is 0 Å². The van der Waals surface area contributed by atoms with Crippen LogP contribution in [0.2, 0.25) is 0 Å². The monoisotopic (exact) mass is 278 g/mol. The van der Waals surface area contributed by atoms with E-state index in [9.17, 15) is 9.59 Å². The lowest BCUT2D eigenvalue weighted by atomic mass is 9.94. The van der Waals surface area contributed by atoms with Crippen LogP contribution in [0, 0.1) is 0 Å². The van der Waals surface area contributed by atoms with Crippen LogP contribution in [0.3, 0.4) is 0 Å². The molecule has 0 aliphatic carbocycles. The Balaban J connectivity index is 1.94. The quantitative estimate of drug-likeness (QED) is 0.816. The fourth-order valence-electron chi connectivity index (χ4n) is 2.56. The van der Waals surface area contributed by atoms with E-state index in [1.165, 1.54) is 6.07 Å². The summed E-state index contributed by atoms with van der Waals surface area (Å²) in [5.41, 5.74) is -0.241. The van der Waals surface area contributed by atoms with Crippen LogP contribution in [-0.4, -0.2) is 35.8 Å². The number of fused-ring (bicyclic) bond motifs is 1. The second-order valence-electron chi connectivity index (χ2n) is 5.41. The fourth-order valence-corrected chi connectivity index (χ4v) is 2.56. The average molecular weight is 278 g/mol. The molecule has 1 amide bonds. The fraction of sp³-hybridized carbons (Fsp3) is 0.571. The smallest absolute Gasteiger partial charge is 0.272 e. The van der Waals surface area contributed by atoms with Crippen molar-refractivity contribution in [2.45, 2.75) is 31.8 Å². The van der Waals surface area contributed by atoms with E-state index in [0.717, 1.165) is 12.8 Å². The minimum absolute atomic E-state index is 0.161. The summed E-state index contributed by atoms with van der Waals surface area (Å²) in [5.74, 6) is -0.0997. The third-order valence-electron chi connectivity index (χ3n) is 3.70. The molecule has 0 atom stereocenters. The molecule has 6 nitrogen and oxygen atoms in total. The molecular formula is C14H18N2O4. The van der Waals surface area contributed by atoms with E-state index in [0.29, 0.717) is 32.1 Å². The Bertz CT molecular complexity index is 589. The van der Waals surface area contributed by atoms with Gasteiger partial charge in [0.15, 0.2) is 11.4 Å². The maximum Gasteiger partial charge on any atom is 0.272 e. The first-order valence-electron chi connectivity index (χ1n) is 6.92. The van der Waals surface area contributed by atoms with Gasteiger partial charge in [-0.25, -0.2) is 0 Å². The maximum absolute atomic E-state index is 12.3. The molecule has 0 unspecified atom stereocenters. The van der Waals surface area contributed by atoms with Gasteiger partial charge in [0.25, 0.3) is 5.91 Å². The molecule has 2 aliphatic rings. The summed E-state index contributed by atoms with van der Waals surface area (Å²) in [4.78, 5) is 24.2. The predicted molar refractivity (Wildman–Crippen MR) is 72.1 cm³/mol. The van der Waals surface area contributed by atoms with E-state index in [2.05, 4.69) is 5.32 Å². The predicted octanol–water partition coefficient (Wildman–Crippen LogP) is 0.540. The van der Waals surface area contributed by atoms with Gasteiger partial charge in [0.1, 0.15) is 5.54 Å². The van der Waals surface area contributed by atoms with Crippen molar-refractivity contribution in [2.75, 3.05) is 19.8 Å². The number of nitrogens with zero attached hydrogens (tertiary/aromatic N) is 1. The number of pyridine rings is 1. The number of aromatic nitrogens is 1. The van der Waals surface area contributed by atoms with Crippen molar-refractivity contribution in [3.05, 3.63) is 28.2 Å².